The second kappa shape index (κ2) is 9.16. The molecule has 1 unspecified atom stereocenters. The first kappa shape index (κ1) is 14.6. The van der Waals surface area contributed by atoms with E-state index in [2.05, 4.69) is 6.92 Å². The van der Waals surface area contributed by atoms with Crippen molar-refractivity contribution in [3.8, 4) is 0 Å². The van der Waals surface area contributed by atoms with Crippen LogP contribution in [0.4, 0.5) is 0 Å². The molecule has 0 heterocycles. The quantitative estimate of drug-likeness (QED) is 0.438. The molecule has 0 spiro atoms. The number of hydrogen-bond acceptors (Lipinski definition) is 1. The van der Waals surface area contributed by atoms with Crippen LogP contribution in [0, 0.1) is 5.92 Å². The van der Waals surface area contributed by atoms with E-state index in [-0.39, 0.29) is 26.2 Å². The van der Waals surface area contributed by atoms with Gasteiger partial charge in [0, 0.05) is 0 Å². The molecule has 0 aliphatic rings. The van der Waals surface area contributed by atoms with E-state index in [1.54, 1.807) is 6.92 Å². The zero-order valence-electron chi connectivity index (χ0n) is 9.47. The average molecular weight is 166 g/mol. The second-order valence-electron chi connectivity index (χ2n) is 3.09. The van der Waals surface area contributed by atoms with Gasteiger partial charge in [0.25, 0.3) is 0 Å². The van der Waals surface area contributed by atoms with Gasteiger partial charge in [-0.3, -0.25) is 4.79 Å². The van der Waals surface area contributed by atoms with E-state index in [0.717, 1.165) is 12.8 Å². The van der Waals surface area contributed by atoms with Crippen molar-refractivity contribution in [2.24, 2.45) is 5.92 Å². The SMILES string of the molecule is CCCCCCC(C)C(=O)O.[H-].[Li+]. The topological polar surface area (TPSA) is 37.3 Å². The molecule has 0 radical (unpaired) electrons. The van der Waals surface area contributed by atoms with Crippen LogP contribution < -0.4 is 18.9 Å². The molecule has 0 saturated carbocycles. The van der Waals surface area contributed by atoms with Crippen LogP contribution in [0.15, 0.2) is 0 Å². The zero-order chi connectivity index (χ0) is 8.69. The van der Waals surface area contributed by atoms with Crippen molar-refractivity contribution >= 4 is 5.97 Å². The van der Waals surface area contributed by atoms with Crippen LogP contribution in [0.3, 0.4) is 0 Å². The first-order valence-corrected chi connectivity index (χ1v) is 4.41. The molecule has 0 saturated heterocycles. The standard InChI is InChI=1S/C9H18O2.Li.H/c1-3-4-5-6-7-8(2)9(10)11;;/h8H,3-7H2,1-2H3,(H,10,11);;/q;+1;-1. The summed E-state index contributed by atoms with van der Waals surface area (Å²) in [5, 5.41) is 8.54. The fourth-order valence-electron chi connectivity index (χ4n) is 1.00. The van der Waals surface area contributed by atoms with E-state index >= 15 is 0 Å². The third kappa shape index (κ3) is 8.17. The van der Waals surface area contributed by atoms with Gasteiger partial charge in [-0.1, -0.05) is 39.5 Å². The molecule has 0 aliphatic heterocycles. The Morgan fingerprint density at radius 2 is 2.00 bits per heavy atom. The maximum atomic E-state index is 10.4. The van der Waals surface area contributed by atoms with E-state index in [0.29, 0.717) is 0 Å². The van der Waals surface area contributed by atoms with E-state index in [1.165, 1.54) is 19.3 Å². The van der Waals surface area contributed by atoms with E-state index in [9.17, 15) is 4.79 Å². The molecule has 0 aromatic carbocycles. The fourth-order valence-corrected chi connectivity index (χ4v) is 1.00. The van der Waals surface area contributed by atoms with Crippen molar-refractivity contribution in [1.29, 1.82) is 0 Å². The average Bonchev–Trinajstić information content (AvgIpc) is 1.97. The molecule has 2 nitrogen and oxygen atoms in total. The Morgan fingerprint density at radius 1 is 1.42 bits per heavy atom. The van der Waals surface area contributed by atoms with Gasteiger partial charge in [0.2, 0.25) is 0 Å². The van der Waals surface area contributed by atoms with Crippen molar-refractivity contribution in [2.45, 2.75) is 46.0 Å². The summed E-state index contributed by atoms with van der Waals surface area (Å²) in [5.41, 5.74) is 0. The van der Waals surface area contributed by atoms with Gasteiger partial charge in [0.1, 0.15) is 0 Å². The van der Waals surface area contributed by atoms with E-state index in [4.69, 9.17) is 5.11 Å². The van der Waals surface area contributed by atoms with Crippen molar-refractivity contribution in [3.05, 3.63) is 0 Å². The van der Waals surface area contributed by atoms with Gasteiger partial charge in [0.05, 0.1) is 5.92 Å². The van der Waals surface area contributed by atoms with Crippen LogP contribution in [0.5, 0.6) is 0 Å². The molecule has 0 aromatic heterocycles. The van der Waals surface area contributed by atoms with Gasteiger partial charge in [-0.15, -0.1) is 0 Å². The Balaban J connectivity index is -0.000000500. The van der Waals surface area contributed by atoms with Crippen LogP contribution >= 0.6 is 0 Å². The smallest absolute Gasteiger partial charge is 1.00 e. The van der Waals surface area contributed by atoms with Crippen molar-refractivity contribution in [2.75, 3.05) is 0 Å². The predicted octanol–water partition coefficient (Wildman–Crippen LogP) is -0.206. The maximum Gasteiger partial charge on any atom is 1.00 e. The summed E-state index contributed by atoms with van der Waals surface area (Å²) in [7, 11) is 0. The first-order chi connectivity index (χ1) is 5.18. The summed E-state index contributed by atoms with van der Waals surface area (Å²) >= 11 is 0. The Kier molecular flexibility index (Phi) is 11.1. The molecule has 1 atom stereocenters. The molecular weight excluding hydrogens is 147 g/mol. The Hall–Kier alpha value is 0.0674. The molecule has 0 bridgehead atoms. The molecular formula is C9H19LiO2. The van der Waals surface area contributed by atoms with Crippen molar-refractivity contribution < 1.29 is 30.2 Å². The van der Waals surface area contributed by atoms with Crippen molar-refractivity contribution in [3.63, 3.8) is 0 Å². The largest absolute Gasteiger partial charge is 1.00 e. The Morgan fingerprint density at radius 3 is 2.42 bits per heavy atom. The molecule has 0 fully saturated rings. The molecule has 0 aliphatic carbocycles. The van der Waals surface area contributed by atoms with Gasteiger partial charge in [-0.05, 0) is 6.42 Å². The Bertz CT molecular complexity index is 120. The Labute approximate surface area is 88.4 Å². The molecule has 3 heteroatoms. The fraction of sp³-hybridized carbons (Fsp3) is 0.889. The number of carboxylic acids is 1. The van der Waals surface area contributed by atoms with Crippen LogP contribution in [0.1, 0.15) is 47.4 Å². The normalized spacial score (nSPS) is 11.8. The van der Waals surface area contributed by atoms with Gasteiger partial charge >= 0.3 is 24.8 Å². The summed E-state index contributed by atoms with van der Waals surface area (Å²) in [4.78, 5) is 10.4. The van der Waals surface area contributed by atoms with Crippen LogP contribution in [-0.4, -0.2) is 11.1 Å². The van der Waals surface area contributed by atoms with Crippen LogP contribution in [-0.2, 0) is 4.79 Å². The summed E-state index contributed by atoms with van der Waals surface area (Å²) in [5.74, 6) is -0.826. The third-order valence-electron chi connectivity index (χ3n) is 1.91. The van der Waals surface area contributed by atoms with Gasteiger partial charge in [0.15, 0.2) is 0 Å². The molecule has 1 N–H and O–H groups in total. The van der Waals surface area contributed by atoms with Crippen molar-refractivity contribution in [1.82, 2.24) is 0 Å². The predicted molar refractivity (Wildman–Crippen MR) is 46.7 cm³/mol. The number of rotatable bonds is 6. The van der Waals surface area contributed by atoms with E-state index < -0.39 is 5.97 Å². The number of hydrogen-bond donors (Lipinski definition) is 1. The molecule has 0 amide bonds. The summed E-state index contributed by atoms with van der Waals surface area (Å²) in [6, 6.07) is 0. The number of carboxylic acid groups (broad SMARTS) is 1. The van der Waals surface area contributed by atoms with E-state index in [1.807, 2.05) is 0 Å². The third-order valence-corrected chi connectivity index (χ3v) is 1.91. The van der Waals surface area contributed by atoms with Crippen LogP contribution in [0.25, 0.3) is 0 Å². The number of aliphatic carboxylic acids is 1. The minimum Gasteiger partial charge on any atom is -1.00 e. The number of carbonyl (C=O) groups is 1. The first-order valence-electron chi connectivity index (χ1n) is 4.41. The summed E-state index contributed by atoms with van der Waals surface area (Å²) in [6.07, 6.45) is 5.50. The molecule has 68 valence electrons. The molecule has 0 aromatic rings. The minimum atomic E-state index is -0.665. The zero-order valence-corrected chi connectivity index (χ0v) is 8.47. The minimum absolute atomic E-state index is 0. The number of unbranched alkanes of at least 4 members (excludes halogenated alkanes) is 3. The maximum absolute atomic E-state index is 10.4. The van der Waals surface area contributed by atoms with Crippen LogP contribution in [0.2, 0.25) is 0 Å². The molecule has 12 heavy (non-hydrogen) atoms. The second-order valence-corrected chi connectivity index (χ2v) is 3.09. The van der Waals surface area contributed by atoms with Gasteiger partial charge in [-0.2, -0.15) is 0 Å². The van der Waals surface area contributed by atoms with Gasteiger partial charge in [-0.25, -0.2) is 0 Å². The molecule has 0 rings (SSSR count). The summed E-state index contributed by atoms with van der Waals surface area (Å²) in [6.45, 7) is 3.93. The summed E-state index contributed by atoms with van der Waals surface area (Å²) < 4.78 is 0. The van der Waals surface area contributed by atoms with Gasteiger partial charge < -0.3 is 6.53 Å². The monoisotopic (exact) mass is 166 g/mol.